The Labute approximate surface area is 208 Å². The lowest BCUT2D eigenvalue weighted by Crippen LogP contribution is -2.26. The second-order valence-electron chi connectivity index (χ2n) is 8.28. The Bertz CT molecular complexity index is 1540. The zero-order valence-electron chi connectivity index (χ0n) is 19.8. The average Bonchev–Trinajstić information content (AvgIpc) is 3.14. The molecule has 0 atom stereocenters. The molecule has 0 aliphatic rings. The fourth-order valence-corrected chi connectivity index (χ4v) is 4.55. The molecule has 35 heavy (non-hydrogen) atoms. The Kier molecular flexibility index (Phi) is 7.02. The number of benzene rings is 2. The van der Waals surface area contributed by atoms with Crippen molar-refractivity contribution in [1.29, 1.82) is 0 Å². The fourth-order valence-electron chi connectivity index (χ4n) is 4.09. The van der Waals surface area contributed by atoms with Crippen LogP contribution in [-0.2, 0) is 33.9 Å². The minimum Gasteiger partial charge on any atom is -0.496 e. The molecule has 0 N–H and O–H groups in total. The zero-order chi connectivity index (χ0) is 25.3. The number of halogens is 1. The normalized spacial score (nSPS) is 11.8. The molecule has 4 rings (SSSR count). The van der Waals surface area contributed by atoms with E-state index < -0.39 is 10.1 Å². The molecule has 2 heterocycles. The van der Waals surface area contributed by atoms with Gasteiger partial charge in [0.2, 0.25) is 0 Å². The number of methoxy groups -OCH3 is 1. The average molecular weight is 517 g/mol. The van der Waals surface area contributed by atoms with Gasteiger partial charge in [0.25, 0.3) is 15.7 Å². The zero-order valence-corrected chi connectivity index (χ0v) is 21.4. The highest BCUT2D eigenvalue weighted by Crippen LogP contribution is 2.37. The summed E-state index contributed by atoms with van der Waals surface area (Å²) in [5, 5.41) is 5.40. The minimum atomic E-state index is -3.73. The molecule has 8 nitrogen and oxygen atoms in total. The van der Waals surface area contributed by atoms with Gasteiger partial charge in [-0.1, -0.05) is 28.9 Å². The number of hydrogen-bond acceptors (Lipinski definition) is 7. The molecule has 0 aliphatic heterocycles. The lowest BCUT2D eigenvalue weighted by Gasteiger charge is -2.16. The molecular weight excluding hydrogens is 492 g/mol. The van der Waals surface area contributed by atoms with Crippen molar-refractivity contribution in [1.82, 2.24) is 9.72 Å². The lowest BCUT2D eigenvalue weighted by molar-refractivity contribution is 0.309. The summed E-state index contributed by atoms with van der Waals surface area (Å²) in [6, 6.07) is 12.8. The molecule has 184 valence electrons. The molecule has 0 saturated heterocycles. The monoisotopic (exact) mass is 516 g/mol. The number of nitrogens with zero attached hydrogens (tertiary/aromatic N) is 2. The Morgan fingerprint density at radius 1 is 1.11 bits per heavy atom. The smallest absolute Gasteiger partial charge is 0.264 e. The number of hydrogen-bond donors (Lipinski definition) is 0. The van der Waals surface area contributed by atoms with Crippen LogP contribution in [0.4, 0.5) is 0 Å². The number of fused-ring (bicyclic) bond motifs is 1. The predicted molar refractivity (Wildman–Crippen MR) is 135 cm³/mol. The molecule has 0 saturated carbocycles. The number of ether oxygens (including phenoxy) is 1. The third-order valence-electron chi connectivity index (χ3n) is 5.76. The predicted octanol–water partition coefficient (Wildman–Crippen LogP) is 4.65. The van der Waals surface area contributed by atoms with Crippen LogP contribution in [0, 0.1) is 13.8 Å². The standard InChI is InChI=1S/C25H25ClN2O6S/c1-15-24(16(2)34-27-15)21-12-18-11-19(14-33-35(4,30)31)25(29)28(22(18)13-23(21)32-3)10-9-17-5-7-20(26)8-6-17/h5-8,11-13H,9-10,14H2,1-4H3. The second-order valence-corrected chi connectivity index (χ2v) is 10.4. The summed E-state index contributed by atoms with van der Waals surface area (Å²) < 4.78 is 40.8. The summed E-state index contributed by atoms with van der Waals surface area (Å²) >= 11 is 5.99. The maximum atomic E-state index is 13.4. The summed E-state index contributed by atoms with van der Waals surface area (Å²) in [7, 11) is -2.17. The van der Waals surface area contributed by atoms with Crippen LogP contribution in [0.5, 0.6) is 5.75 Å². The van der Waals surface area contributed by atoms with Gasteiger partial charge in [0.15, 0.2) is 0 Å². The molecule has 4 aromatic rings. The van der Waals surface area contributed by atoms with E-state index in [1.165, 1.54) is 0 Å². The van der Waals surface area contributed by atoms with E-state index in [1.807, 2.05) is 32.0 Å². The first-order valence-corrected chi connectivity index (χ1v) is 13.0. The van der Waals surface area contributed by atoms with Crippen LogP contribution in [0.25, 0.3) is 22.0 Å². The summed E-state index contributed by atoms with van der Waals surface area (Å²) in [6.07, 6.45) is 1.52. The van der Waals surface area contributed by atoms with E-state index in [-0.39, 0.29) is 17.7 Å². The first-order chi connectivity index (χ1) is 16.6. The molecule has 0 amide bonds. The Morgan fingerprint density at radius 3 is 2.43 bits per heavy atom. The van der Waals surface area contributed by atoms with Gasteiger partial charge in [-0.3, -0.25) is 8.98 Å². The van der Waals surface area contributed by atoms with E-state index >= 15 is 0 Å². The van der Waals surface area contributed by atoms with E-state index in [2.05, 4.69) is 5.16 Å². The SMILES string of the molecule is COc1cc2c(cc1-c1c(C)noc1C)cc(COS(C)(=O)=O)c(=O)n2CCc1ccc(Cl)cc1. The fraction of sp³-hybridized carbons (Fsp3) is 0.280. The third kappa shape index (κ3) is 5.42. The minimum absolute atomic E-state index is 0.230. The number of aromatic nitrogens is 2. The quantitative estimate of drug-likeness (QED) is 0.314. The van der Waals surface area contributed by atoms with Crippen LogP contribution in [0.2, 0.25) is 5.02 Å². The molecule has 0 spiro atoms. The molecular formula is C25H25ClN2O6S. The lowest BCUT2D eigenvalue weighted by atomic mass is 9.99. The van der Waals surface area contributed by atoms with E-state index in [0.29, 0.717) is 40.7 Å². The molecule has 2 aromatic heterocycles. The molecule has 0 aliphatic carbocycles. The first-order valence-electron chi connectivity index (χ1n) is 10.8. The Balaban J connectivity index is 1.89. The van der Waals surface area contributed by atoms with Crippen molar-refractivity contribution >= 4 is 32.6 Å². The van der Waals surface area contributed by atoms with Gasteiger partial charge in [0.05, 0.1) is 36.7 Å². The van der Waals surface area contributed by atoms with Gasteiger partial charge in [-0.2, -0.15) is 8.42 Å². The van der Waals surface area contributed by atoms with Gasteiger partial charge in [-0.25, -0.2) is 0 Å². The Morgan fingerprint density at radius 2 is 1.83 bits per heavy atom. The van der Waals surface area contributed by atoms with E-state index in [9.17, 15) is 13.2 Å². The van der Waals surface area contributed by atoms with Crippen LogP contribution in [0.3, 0.4) is 0 Å². The van der Waals surface area contributed by atoms with Gasteiger partial charge in [-0.15, -0.1) is 0 Å². The summed E-state index contributed by atoms with van der Waals surface area (Å²) in [5.74, 6) is 1.20. The van der Waals surface area contributed by atoms with E-state index in [0.717, 1.165) is 28.3 Å². The van der Waals surface area contributed by atoms with Crippen molar-refractivity contribution in [2.75, 3.05) is 13.4 Å². The van der Waals surface area contributed by atoms with Crippen LogP contribution in [0.1, 0.15) is 22.6 Å². The van der Waals surface area contributed by atoms with E-state index in [1.54, 1.807) is 35.9 Å². The first kappa shape index (κ1) is 25.0. The highest BCUT2D eigenvalue weighted by Gasteiger charge is 2.20. The van der Waals surface area contributed by atoms with Gasteiger partial charge in [0.1, 0.15) is 11.5 Å². The largest absolute Gasteiger partial charge is 0.496 e. The Hall–Kier alpha value is -3.14. The van der Waals surface area contributed by atoms with Crippen LogP contribution < -0.4 is 10.3 Å². The molecule has 0 bridgehead atoms. The van der Waals surface area contributed by atoms with Gasteiger partial charge < -0.3 is 13.8 Å². The summed E-state index contributed by atoms with van der Waals surface area (Å²) in [4.78, 5) is 13.4. The van der Waals surface area contributed by atoms with Gasteiger partial charge >= 0.3 is 0 Å². The van der Waals surface area contributed by atoms with Crippen molar-refractivity contribution in [2.24, 2.45) is 0 Å². The van der Waals surface area contributed by atoms with Crippen molar-refractivity contribution in [3.05, 3.63) is 80.4 Å². The van der Waals surface area contributed by atoms with Crippen LogP contribution >= 0.6 is 11.6 Å². The molecule has 2 aromatic carbocycles. The summed E-state index contributed by atoms with van der Waals surface area (Å²) in [5.41, 5.74) is 3.82. The van der Waals surface area contributed by atoms with Crippen molar-refractivity contribution in [3.63, 3.8) is 0 Å². The highest BCUT2D eigenvalue weighted by atomic mass is 35.5. The highest BCUT2D eigenvalue weighted by molar-refractivity contribution is 7.85. The summed E-state index contributed by atoms with van der Waals surface area (Å²) in [6.45, 7) is 3.66. The van der Waals surface area contributed by atoms with Crippen molar-refractivity contribution < 1.29 is 21.9 Å². The molecule has 10 heteroatoms. The maximum Gasteiger partial charge on any atom is 0.264 e. The number of pyridine rings is 1. The molecule has 0 radical (unpaired) electrons. The molecule has 0 unspecified atom stereocenters. The third-order valence-corrected chi connectivity index (χ3v) is 6.56. The van der Waals surface area contributed by atoms with Crippen LogP contribution in [0.15, 0.2) is 51.8 Å². The number of rotatable bonds is 8. The van der Waals surface area contributed by atoms with E-state index in [4.69, 9.17) is 25.0 Å². The van der Waals surface area contributed by atoms with Gasteiger partial charge in [0, 0.05) is 28.8 Å². The molecule has 0 fully saturated rings. The maximum absolute atomic E-state index is 13.4. The topological polar surface area (TPSA) is 101 Å². The number of aryl methyl sites for hydroxylation is 4. The van der Waals surface area contributed by atoms with Crippen molar-refractivity contribution in [3.8, 4) is 16.9 Å². The van der Waals surface area contributed by atoms with Gasteiger partial charge in [-0.05, 0) is 55.5 Å². The second kappa shape index (κ2) is 9.85. The van der Waals surface area contributed by atoms with Crippen molar-refractivity contribution in [2.45, 2.75) is 33.4 Å². The van der Waals surface area contributed by atoms with Crippen LogP contribution in [-0.4, -0.2) is 31.5 Å².